The summed E-state index contributed by atoms with van der Waals surface area (Å²) in [5.74, 6) is -0.0239. The number of nitrogens with one attached hydrogen (secondary N) is 1. The van der Waals surface area contributed by atoms with E-state index in [2.05, 4.69) is 32.9 Å². The lowest BCUT2D eigenvalue weighted by atomic mass is 10.5. The Kier molecular flexibility index (Phi) is 3.78. The Morgan fingerprint density at radius 1 is 1.82 bits per heavy atom. The molecule has 0 saturated carbocycles. The minimum absolute atomic E-state index is 0.0239. The summed E-state index contributed by atoms with van der Waals surface area (Å²) in [6.45, 7) is 0.720. The molecule has 0 radical (unpaired) electrons. The summed E-state index contributed by atoms with van der Waals surface area (Å²) in [4.78, 5) is 15.6. The first kappa shape index (κ1) is 8.92. The Bertz CT molecular complexity index is 224. The molecule has 0 bridgehead atoms. The monoisotopic (exact) mass is 282 g/mol. The van der Waals surface area contributed by atoms with E-state index in [1.807, 2.05) is 0 Å². The normalized spacial score (nSPS) is 9.55. The maximum absolute atomic E-state index is 11.1. The minimum Gasteiger partial charge on any atom is -0.351 e. The summed E-state index contributed by atoms with van der Waals surface area (Å²) >= 11 is 3.57. The molecule has 3 nitrogen and oxygen atoms in total. The summed E-state index contributed by atoms with van der Waals surface area (Å²) < 4.78 is 0.933. The number of hydrogen-bond acceptors (Lipinski definition) is 3. The fourth-order valence-electron chi connectivity index (χ4n) is 0.576. The van der Waals surface area contributed by atoms with Crippen molar-refractivity contribution in [2.24, 2.45) is 0 Å². The van der Waals surface area contributed by atoms with Crippen molar-refractivity contribution >= 4 is 39.8 Å². The van der Waals surface area contributed by atoms with Crippen molar-refractivity contribution in [3.05, 3.63) is 16.6 Å². The average Bonchev–Trinajstić information content (AvgIpc) is 2.52. The van der Waals surface area contributed by atoms with Gasteiger partial charge in [-0.15, -0.1) is 11.3 Å². The minimum atomic E-state index is -0.0239. The molecular formula is C6H7IN2OS. The van der Waals surface area contributed by atoms with Crippen molar-refractivity contribution < 1.29 is 4.79 Å². The first-order chi connectivity index (χ1) is 5.34. The zero-order chi connectivity index (χ0) is 8.10. The summed E-state index contributed by atoms with van der Waals surface area (Å²) in [7, 11) is 0. The van der Waals surface area contributed by atoms with E-state index in [4.69, 9.17) is 0 Å². The lowest BCUT2D eigenvalue weighted by Gasteiger charge is -1.97. The standard InChI is InChI=1S/C6H7IN2OS/c7-1-2-9-6(10)5-3-8-4-11-5/h3-4H,1-2H2,(H,9,10). The van der Waals surface area contributed by atoms with Crippen molar-refractivity contribution in [2.75, 3.05) is 11.0 Å². The molecule has 1 aromatic heterocycles. The van der Waals surface area contributed by atoms with Gasteiger partial charge in [-0.25, -0.2) is 0 Å². The van der Waals surface area contributed by atoms with Crippen LogP contribution >= 0.6 is 33.9 Å². The molecule has 0 aliphatic heterocycles. The number of aromatic nitrogens is 1. The molecule has 0 aliphatic carbocycles. The Labute approximate surface area is 82.4 Å². The summed E-state index contributed by atoms with van der Waals surface area (Å²) in [5.41, 5.74) is 1.65. The second kappa shape index (κ2) is 4.66. The van der Waals surface area contributed by atoms with E-state index < -0.39 is 0 Å². The summed E-state index contributed by atoms with van der Waals surface area (Å²) in [5, 5.41) is 2.76. The molecule has 0 aliphatic rings. The highest BCUT2D eigenvalue weighted by atomic mass is 127. The van der Waals surface area contributed by atoms with Crippen LogP contribution < -0.4 is 5.32 Å². The van der Waals surface area contributed by atoms with Crippen molar-refractivity contribution in [2.45, 2.75) is 0 Å². The van der Waals surface area contributed by atoms with Crippen molar-refractivity contribution in [3.8, 4) is 0 Å². The zero-order valence-corrected chi connectivity index (χ0v) is 8.68. The predicted octanol–water partition coefficient (Wildman–Crippen LogP) is 1.31. The summed E-state index contributed by atoms with van der Waals surface area (Å²) in [6, 6.07) is 0. The Balaban J connectivity index is 2.43. The molecule has 0 saturated heterocycles. The predicted molar refractivity (Wildman–Crippen MR) is 53.3 cm³/mol. The van der Waals surface area contributed by atoms with Gasteiger partial charge in [0.1, 0.15) is 4.88 Å². The molecule has 60 valence electrons. The number of nitrogens with zero attached hydrogens (tertiary/aromatic N) is 1. The van der Waals surface area contributed by atoms with Crippen LogP contribution in [0.3, 0.4) is 0 Å². The molecule has 11 heavy (non-hydrogen) atoms. The highest BCUT2D eigenvalue weighted by Crippen LogP contribution is 2.03. The van der Waals surface area contributed by atoms with Gasteiger partial charge in [-0.1, -0.05) is 22.6 Å². The van der Waals surface area contributed by atoms with Crippen LogP contribution in [-0.2, 0) is 0 Å². The topological polar surface area (TPSA) is 42.0 Å². The van der Waals surface area contributed by atoms with Crippen LogP contribution in [0, 0.1) is 0 Å². The quantitative estimate of drug-likeness (QED) is 0.671. The Hall–Kier alpha value is -0.170. The number of amides is 1. The molecule has 0 fully saturated rings. The van der Waals surface area contributed by atoms with Crippen LogP contribution in [0.25, 0.3) is 0 Å². The van der Waals surface area contributed by atoms with Gasteiger partial charge in [-0.3, -0.25) is 9.78 Å². The van der Waals surface area contributed by atoms with Crippen LogP contribution in [0.1, 0.15) is 9.67 Å². The number of thiazole rings is 1. The highest BCUT2D eigenvalue weighted by molar-refractivity contribution is 14.1. The van der Waals surface area contributed by atoms with Crippen molar-refractivity contribution in [1.29, 1.82) is 0 Å². The summed E-state index contributed by atoms with van der Waals surface area (Å²) in [6.07, 6.45) is 1.58. The molecule has 0 aromatic carbocycles. The first-order valence-electron chi connectivity index (χ1n) is 3.07. The lowest BCUT2D eigenvalue weighted by molar-refractivity contribution is 0.0960. The van der Waals surface area contributed by atoms with Gasteiger partial charge >= 0.3 is 0 Å². The van der Waals surface area contributed by atoms with Crippen LogP contribution in [0.2, 0.25) is 0 Å². The van der Waals surface area contributed by atoms with Crippen molar-refractivity contribution in [1.82, 2.24) is 10.3 Å². The number of alkyl halides is 1. The molecule has 1 rings (SSSR count). The third-order valence-electron chi connectivity index (χ3n) is 1.04. The van der Waals surface area contributed by atoms with E-state index in [1.54, 1.807) is 11.7 Å². The lowest BCUT2D eigenvalue weighted by Crippen LogP contribution is -2.24. The van der Waals surface area contributed by atoms with Gasteiger partial charge < -0.3 is 5.32 Å². The average molecular weight is 282 g/mol. The van der Waals surface area contributed by atoms with E-state index in [1.165, 1.54) is 11.3 Å². The van der Waals surface area contributed by atoms with Gasteiger partial charge in [0.25, 0.3) is 5.91 Å². The molecule has 1 heterocycles. The number of hydrogen-bond donors (Lipinski definition) is 1. The number of carbonyl (C=O) groups excluding carboxylic acids is 1. The van der Waals surface area contributed by atoms with Gasteiger partial charge in [-0.2, -0.15) is 0 Å². The molecule has 1 amide bonds. The van der Waals surface area contributed by atoms with Crippen LogP contribution in [0.5, 0.6) is 0 Å². The van der Waals surface area contributed by atoms with E-state index >= 15 is 0 Å². The SMILES string of the molecule is O=C(NCCI)c1cncs1. The highest BCUT2D eigenvalue weighted by Gasteiger charge is 2.04. The second-order valence-corrected chi connectivity index (χ2v) is 3.78. The zero-order valence-electron chi connectivity index (χ0n) is 5.71. The van der Waals surface area contributed by atoms with E-state index in [9.17, 15) is 4.79 Å². The first-order valence-corrected chi connectivity index (χ1v) is 5.48. The van der Waals surface area contributed by atoms with E-state index in [-0.39, 0.29) is 5.91 Å². The molecule has 0 spiro atoms. The maximum atomic E-state index is 11.1. The van der Waals surface area contributed by atoms with Gasteiger partial charge in [0.05, 0.1) is 11.7 Å². The van der Waals surface area contributed by atoms with Crippen molar-refractivity contribution in [3.63, 3.8) is 0 Å². The molecule has 1 aromatic rings. The molecular weight excluding hydrogens is 275 g/mol. The smallest absolute Gasteiger partial charge is 0.263 e. The fourth-order valence-corrected chi connectivity index (χ4v) is 1.38. The molecule has 0 atom stereocenters. The fraction of sp³-hybridized carbons (Fsp3) is 0.333. The molecule has 1 N–H and O–H groups in total. The van der Waals surface area contributed by atoms with E-state index in [0.717, 1.165) is 11.0 Å². The van der Waals surface area contributed by atoms with Gasteiger partial charge in [0.2, 0.25) is 0 Å². The number of rotatable bonds is 3. The van der Waals surface area contributed by atoms with Crippen LogP contribution in [0.4, 0.5) is 0 Å². The van der Waals surface area contributed by atoms with Gasteiger partial charge in [0, 0.05) is 11.0 Å². The van der Waals surface area contributed by atoms with Crippen LogP contribution in [-0.4, -0.2) is 21.9 Å². The molecule has 5 heteroatoms. The van der Waals surface area contributed by atoms with Gasteiger partial charge in [-0.05, 0) is 0 Å². The van der Waals surface area contributed by atoms with Gasteiger partial charge in [0.15, 0.2) is 0 Å². The Morgan fingerprint density at radius 3 is 3.18 bits per heavy atom. The third kappa shape index (κ3) is 2.74. The number of carbonyl (C=O) groups is 1. The maximum Gasteiger partial charge on any atom is 0.263 e. The number of halogens is 1. The third-order valence-corrected chi connectivity index (χ3v) is 2.35. The van der Waals surface area contributed by atoms with Crippen LogP contribution in [0.15, 0.2) is 11.7 Å². The van der Waals surface area contributed by atoms with E-state index in [0.29, 0.717) is 4.88 Å². The molecule has 0 unspecified atom stereocenters. The second-order valence-electron chi connectivity index (χ2n) is 1.81. The Morgan fingerprint density at radius 2 is 2.64 bits per heavy atom. The largest absolute Gasteiger partial charge is 0.351 e.